The molecule has 0 spiro atoms. The highest BCUT2D eigenvalue weighted by molar-refractivity contribution is 6.06. The monoisotopic (exact) mass is 473 g/mol. The number of anilines is 1. The van der Waals surface area contributed by atoms with Crippen molar-refractivity contribution in [3.8, 4) is 11.8 Å². The molecule has 0 bridgehead atoms. The maximum atomic E-state index is 13.1. The molecule has 1 atom stereocenters. The highest BCUT2D eigenvalue weighted by Gasteiger charge is 2.43. The second-order valence-corrected chi connectivity index (χ2v) is 7.03. The van der Waals surface area contributed by atoms with Crippen molar-refractivity contribution in [2.75, 3.05) is 19.1 Å². The number of carbonyl (C=O) groups is 2. The summed E-state index contributed by atoms with van der Waals surface area (Å²) in [5.74, 6) is -4.68. The predicted molar refractivity (Wildman–Crippen MR) is 113 cm³/mol. The second-order valence-electron chi connectivity index (χ2n) is 7.03. The van der Waals surface area contributed by atoms with Crippen LogP contribution in [0.3, 0.4) is 0 Å². The molecule has 0 aromatic heterocycles. The lowest BCUT2D eigenvalue weighted by molar-refractivity contribution is -0.139. The van der Waals surface area contributed by atoms with E-state index >= 15 is 0 Å². The number of methoxy groups -OCH3 is 2. The summed E-state index contributed by atoms with van der Waals surface area (Å²) in [6.45, 7) is 0. The minimum atomic E-state index is -4.85. The summed E-state index contributed by atoms with van der Waals surface area (Å²) in [5.41, 5.74) is 4.17. The summed E-state index contributed by atoms with van der Waals surface area (Å²) < 4.78 is 49.1. The normalized spacial score (nSPS) is 16.2. The van der Waals surface area contributed by atoms with Gasteiger partial charge in [0.05, 0.1) is 48.6 Å². The van der Waals surface area contributed by atoms with Gasteiger partial charge in [-0.1, -0.05) is 30.3 Å². The third kappa shape index (κ3) is 4.13. The fraction of sp³-hybridized carbons (Fsp3) is 0.174. The van der Waals surface area contributed by atoms with Crippen LogP contribution in [0, 0.1) is 11.3 Å². The predicted octanol–water partition coefficient (Wildman–Crippen LogP) is 3.31. The van der Waals surface area contributed by atoms with Crippen LogP contribution in [-0.4, -0.2) is 31.3 Å². The number of nitrogens with zero attached hydrogens (tertiary/aromatic N) is 2. The minimum Gasteiger partial charge on any atom is -0.507 e. The summed E-state index contributed by atoms with van der Waals surface area (Å²) in [5, 5.41) is 19.9. The van der Waals surface area contributed by atoms with Crippen LogP contribution in [0.2, 0.25) is 0 Å². The molecule has 3 rings (SSSR count). The van der Waals surface area contributed by atoms with Gasteiger partial charge in [-0.15, -0.1) is 0 Å². The zero-order valence-corrected chi connectivity index (χ0v) is 17.9. The van der Waals surface area contributed by atoms with Gasteiger partial charge in [-0.05, 0) is 17.7 Å². The van der Waals surface area contributed by atoms with Gasteiger partial charge in [0, 0.05) is 6.07 Å². The Morgan fingerprint density at radius 1 is 1.09 bits per heavy atom. The van der Waals surface area contributed by atoms with Crippen LogP contribution in [0.5, 0.6) is 5.75 Å². The number of alkyl halides is 3. The molecule has 0 saturated carbocycles. The molecule has 3 N–H and O–H groups in total. The van der Waals surface area contributed by atoms with Crippen LogP contribution in [0.25, 0.3) is 0 Å². The number of aromatic hydroxyl groups is 1. The van der Waals surface area contributed by atoms with Crippen molar-refractivity contribution < 1.29 is 37.3 Å². The van der Waals surface area contributed by atoms with Crippen LogP contribution in [0.1, 0.15) is 17.0 Å². The number of rotatable bonds is 4. The molecule has 1 aliphatic heterocycles. The van der Waals surface area contributed by atoms with Crippen LogP contribution in [-0.2, 0) is 25.2 Å². The quantitative estimate of drug-likeness (QED) is 0.648. The lowest BCUT2D eigenvalue weighted by Gasteiger charge is -2.36. The van der Waals surface area contributed by atoms with E-state index in [2.05, 4.69) is 0 Å². The molecule has 8 nitrogen and oxygen atoms in total. The largest absolute Gasteiger partial charge is 0.507 e. The Bertz CT molecular complexity index is 1250. The first kappa shape index (κ1) is 24.2. The van der Waals surface area contributed by atoms with Crippen molar-refractivity contribution in [2.45, 2.75) is 12.1 Å². The third-order valence-electron chi connectivity index (χ3n) is 5.16. The molecule has 1 aliphatic rings. The number of allylic oxidation sites excluding steroid dienone is 1. The first-order valence-electron chi connectivity index (χ1n) is 9.62. The standard InChI is InChI=1S/C23H18F3N3O5/c1-33-21(31)18-17(12-6-4-3-5-7-12)14(11-27)20(28)29(19(18)22(32)34-2)13-8-9-15(16(30)10-13)23(24,25)26/h3-10,17,30H,28H2,1-2H3. The fourth-order valence-electron chi connectivity index (χ4n) is 3.68. The average molecular weight is 473 g/mol. The first-order valence-corrected chi connectivity index (χ1v) is 9.62. The summed E-state index contributed by atoms with van der Waals surface area (Å²) in [6.07, 6.45) is -4.85. The van der Waals surface area contributed by atoms with Gasteiger partial charge in [0.25, 0.3) is 0 Å². The smallest absolute Gasteiger partial charge is 0.419 e. The van der Waals surface area contributed by atoms with E-state index in [1.54, 1.807) is 30.3 Å². The van der Waals surface area contributed by atoms with Crippen LogP contribution in [0.4, 0.5) is 18.9 Å². The topological polar surface area (TPSA) is 126 Å². The molecule has 11 heteroatoms. The van der Waals surface area contributed by atoms with Crippen molar-refractivity contribution in [1.29, 1.82) is 5.26 Å². The molecular formula is C23H18F3N3O5. The highest BCUT2D eigenvalue weighted by atomic mass is 19.4. The van der Waals surface area contributed by atoms with Gasteiger partial charge in [0.2, 0.25) is 0 Å². The summed E-state index contributed by atoms with van der Waals surface area (Å²) in [6, 6.07) is 12.3. The van der Waals surface area contributed by atoms with Gasteiger partial charge in [-0.3, -0.25) is 4.90 Å². The van der Waals surface area contributed by atoms with E-state index in [9.17, 15) is 33.1 Å². The van der Waals surface area contributed by atoms with Gasteiger partial charge in [-0.2, -0.15) is 18.4 Å². The van der Waals surface area contributed by atoms with Gasteiger partial charge >= 0.3 is 18.1 Å². The molecule has 0 fully saturated rings. The highest BCUT2D eigenvalue weighted by Crippen LogP contribution is 2.45. The van der Waals surface area contributed by atoms with E-state index in [0.717, 1.165) is 25.2 Å². The van der Waals surface area contributed by atoms with Crippen molar-refractivity contribution in [3.05, 3.63) is 82.3 Å². The zero-order valence-electron chi connectivity index (χ0n) is 17.9. The van der Waals surface area contributed by atoms with Crippen molar-refractivity contribution in [1.82, 2.24) is 0 Å². The number of benzene rings is 2. The van der Waals surface area contributed by atoms with Crippen molar-refractivity contribution in [2.24, 2.45) is 5.73 Å². The van der Waals surface area contributed by atoms with E-state index in [0.29, 0.717) is 17.7 Å². The molecule has 0 amide bonds. The maximum absolute atomic E-state index is 13.1. The number of halogens is 3. The van der Waals surface area contributed by atoms with Crippen LogP contribution < -0.4 is 10.6 Å². The maximum Gasteiger partial charge on any atom is 0.419 e. The Balaban J connectivity index is 2.39. The number of carbonyl (C=O) groups excluding carboxylic acids is 2. The number of nitrogens with two attached hydrogens (primary N) is 1. The molecule has 0 aliphatic carbocycles. The second kappa shape index (κ2) is 9.19. The molecule has 2 aromatic carbocycles. The first-order chi connectivity index (χ1) is 16.1. The zero-order chi connectivity index (χ0) is 25.2. The summed E-state index contributed by atoms with van der Waals surface area (Å²) in [7, 11) is 2.10. The molecule has 1 heterocycles. The molecule has 1 unspecified atom stereocenters. The number of phenolic OH excluding ortho intramolecular Hbond substituents is 1. The number of phenols is 1. The van der Waals surface area contributed by atoms with E-state index in [4.69, 9.17) is 15.2 Å². The molecule has 176 valence electrons. The van der Waals surface area contributed by atoms with Gasteiger partial charge < -0.3 is 20.3 Å². The van der Waals surface area contributed by atoms with Gasteiger partial charge in [-0.25, -0.2) is 9.59 Å². The Hall–Kier alpha value is -4.46. The number of nitriles is 1. The molecular weight excluding hydrogens is 455 g/mol. The lowest BCUT2D eigenvalue weighted by atomic mass is 9.81. The van der Waals surface area contributed by atoms with Gasteiger partial charge in [0.1, 0.15) is 17.3 Å². The molecule has 0 saturated heterocycles. The van der Waals surface area contributed by atoms with Crippen molar-refractivity contribution >= 4 is 17.6 Å². The lowest BCUT2D eigenvalue weighted by Crippen LogP contribution is -2.40. The number of ether oxygens (including phenoxy) is 2. The van der Waals surface area contributed by atoms with E-state index in [1.807, 2.05) is 6.07 Å². The summed E-state index contributed by atoms with van der Waals surface area (Å²) in [4.78, 5) is 26.7. The molecule has 2 aromatic rings. The minimum absolute atomic E-state index is 0.168. The molecule has 34 heavy (non-hydrogen) atoms. The van der Waals surface area contributed by atoms with Crippen LogP contribution >= 0.6 is 0 Å². The Morgan fingerprint density at radius 2 is 1.71 bits per heavy atom. The fourth-order valence-corrected chi connectivity index (χ4v) is 3.68. The van der Waals surface area contributed by atoms with E-state index in [-0.39, 0.29) is 22.7 Å². The van der Waals surface area contributed by atoms with Crippen molar-refractivity contribution in [3.63, 3.8) is 0 Å². The number of esters is 2. The Labute approximate surface area is 191 Å². The number of hydrogen-bond donors (Lipinski definition) is 2. The van der Waals surface area contributed by atoms with E-state index < -0.39 is 41.0 Å². The molecule has 0 radical (unpaired) electrons. The average Bonchev–Trinajstić information content (AvgIpc) is 2.81. The van der Waals surface area contributed by atoms with Gasteiger partial charge in [0.15, 0.2) is 0 Å². The van der Waals surface area contributed by atoms with Crippen LogP contribution in [0.15, 0.2) is 71.2 Å². The summed E-state index contributed by atoms with van der Waals surface area (Å²) >= 11 is 0. The van der Waals surface area contributed by atoms with E-state index in [1.165, 1.54) is 0 Å². The Kier molecular flexibility index (Phi) is 6.54. The Morgan fingerprint density at radius 3 is 2.21 bits per heavy atom. The SMILES string of the molecule is COC(=O)C1=C(C(=O)OC)N(c2ccc(C(F)(F)F)c(O)c2)C(N)=C(C#N)C1c1ccccc1. The number of hydrogen-bond acceptors (Lipinski definition) is 8. The third-order valence-corrected chi connectivity index (χ3v) is 5.16.